The fraction of sp³-hybridized carbons (Fsp3) is 0.895. The normalized spacial score (nSPS) is 17.0. The van der Waals surface area contributed by atoms with E-state index in [1.807, 2.05) is 20.8 Å². The molecule has 1 aliphatic heterocycles. The zero-order valence-electron chi connectivity index (χ0n) is 17.4. The largest absolute Gasteiger partial charge is 0.444 e. The third kappa shape index (κ3) is 9.85. The van der Waals surface area contributed by atoms with E-state index in [0.29, 0.717) is 12.6 Å². The molecule has 0 aliphatic carbocycles. The van der Waals surface area contributed by atoms with Crippen LogP contribution in [0.25, 0.3) is 0 Å². The van der Waals surface area contributed by atoms with E-state index in [2.05, 4.69) is 34.7 Å². The lowest BCUT2D eigenvalue weighted by Gasteiger charge is -2.25. The number of nitrogens with one attached hydrogen (secondary N) is 3. The summed E-state index contributed by atoms with van der Waals surface area (Å²) in [7, 11) is 0. The Kier molecular flexibility index (Phi) is 10.4. The summed E-state index contributed by atoms with van der Waals surface area (Å²) in [5.74, 6) is 0.849. The van der Waals surface area contributed by atoms with Crippen LogP contribution in [0.3, 0.4) is 0 Å². The standard InChI is InChI=1S/C19H39N5O2/c1-6-16(24-13-8-9-14-24)15-23-17(20-7-2)21-11-10-12-22-18(25)26-19(3,4)5/h16H,6-15H2,1-5H3,(H,22,25)(H2,20,21,23). The summed E-state index contributed by atoms with van der Waals surface area (Å²) in [5, 5.41) is 9.41. The molecule has 0 aromatic rings. The average Bonchev–Trinajstić information content (AvgIpc) is 3.07. The summed E-state index contributed by atoms with van der Waals surface area (Å²) in [6.45, 7) is 15.3. The highest BCUT2D eigenvalue weighted by atomic mass is 16.6. The van der Waals surface area contributed by atoms with Gasteiger partial charge in [-0.25, -0.2) is 4.79 Å². The zero-order chi connectivity index (χ0) is 19.4. The molecule has 0 saturated carbocycles. The van der Waals surface area contributed by atoms with Gasteiger partial charge in [-0.3, -0.25) is 9.89 Å². The van der Waals surface area contributed by atoms with Crippen molar-refractivity contribution >= 4 is 12.1 Å². The van der Waals surface area contributed by atoms with Gasteiger partial charge >= 0.3 is 6.09 Å². The van der Waals surface area contributed by atoms with E-state index in [1.165, 1.54) is 25.9 Å². The molecule has 1 unspecified atom stereocenters. The van der Waals surface area contributed by atoms with Gasteiger partial charge in [-0.15, -0.1) is 0 Å². The first-order valence-corrected chi connectivity index (χ1v) is 10.1. The van der Waals surface area contributed by atoms with E-state index in [1.54, 1.807) is 0 Å². The molecule has 1 amide bonds. The van der Waals surface area contributed by atoms with Gasteiger partial charge in [0.25, 0.3) is 0 Å². The molecule has 0 aromatic carbocycles. The molecule has 1 saturated heterocycles. The van der Waals surface area contributed by atoms with Gasteiger partial charge in [0.15, 0.2) is 5.96 Å². The summed E-state index contributed by atoms with van der Waals surface area (Å²) in [5.41, 5.74) is -0.460. The minimum atomic E-state index is -0.460. The number of carbonyl (C=O) groups excluding carboxylic acids is 1. The summed E-state index contributed by atoms with van der Waals surface area (Å²) in [6, 6.07) is 0.529. The Morgan fingerprint density at radius 3 is 2.35 bits per heavy atom. The number of alkyl carbamates (subject to hydrolysis) is 1. The lowest BCUT2D eigenvalue weighted by atomic mass is 10.2. The number of ether oxygens (including phenoxy) is 1. The first-order chi connectivity index (χ1) is 12.4. The second kappa shape index (κ2) is 12.0. The van der Waals surface area contributed by atoms with Crippen LogP contribution in [0, 0.1) is 0 Å². The minimum Gasteiger partial charge on any atom is -0.444 e. The number of carbonyl (C=O) groups is 1. The van der Waals surface area contributed by atoms with Crippen molar-refractivity contribution < 1.29 is 9.53 Å². The number of hydrogen-bond acceptors (Lipinski definition) is 4. The molecule has 1 heterocycles. The van der Waals surface area contributed by atoms with Crippen LogP contribution in [0.4, 0.5) is 4.79 Å². The lowest BCUT2D eigenvalue weighted by molar-refractivity contribution is 0.0527. The SMILES string of the molecule is CCNC(=NCC(CC)N1CCCC1)NCCCNC(=O)OC(C)(C)C. The van der Waals surface area contributed by atoms with E-state index in [-0.39, 0.29) is 6.09 Å². The molecule has 1 aliphatic rings. The van der Waals surface area contributed by atoms with Gasteiger partial charge in [0, 0.05) is 25.7 Å². The van der Waals surface area contributed by atoms with Gasteiger partial charge in [-0.05, 0) is 66.5 Å². The van der Waals surface area contributed by atoms with Crippen molar-refractivity contribution in [3.8, 4) is 0 Å². The van der Waals surface area contributed by atoms with Crippen LogP contribution in [0.15, 0.2) is 4.99 Å². The van der Waals surface area contributed by atoms with Crippen LogP contribution in [0.1, 0.15) is 60.3 Å². The van der Waals surface area contributed by atoms with Gasteiger partial charge in [0.2, 0.25) is 0 Å². The first kappa shape index (κ1) is 22.5. The highest BCUT2D eigenvalue weighted by Crippen LogP contribution is 2.14. The van der Waals surface area contributed by atoms with Crippen molar-refractivity contribution in [3.05, 3.63) is 0 Å². The molecular formula is C19H39N5O2. The predicted octanol–water partition coefficient (Wildman–Crippen LogP) is 2.33. The molecule has 7 nitrogen and oxygen atoms in total. The summed E-state index contributed by atoms with van der Waals surface area (Å²) >= 11 is 0. The molecule has 152 valence electrons. The summed E-state index contributed by atoms with van der Waals surface area (Å²) in [6.07, 6.45) is 4.19. The fourth-order valence-corrected chi connectivity index (χ4v) is 2.95. The van der Waals surface area contributed by atoms with Crippen molar-refractivity contribution in [1.82, 2.24) is 20.9 Å². The van der Waals surface area contributed by atoms with Crippen LogP contribution in [0.2, 0.25) is 0 Å². The Bertz CT molecular complexity index is 428. The highest BCUT2D eigenvalue weighted by molar-refractivity contribution is 5.79. The topological polar surface area (TPSA) is 78.0 Å². The Balaban J connectivity index is 2.30. The number of hydrogen-bond donors (Lipinski definition) is 3. The number of amides is 1. The smallest absolute Gasteiger partial charge is 0.407 e. The molecule has 0 spiro atoms. The molecule has 0 bridgehead atoms. The lowest BCUT2D eigenvalue weighted by Crippen LogP contribution is -2.41. The predicted molar refractivity (Wildman–Crippen MR) is 108 cm³/mol. The first-order valence-electron chi connectivity index (χ1n) is 10.1. The van der Waals surface area contributed by atoms with Gasteiger partial charge < -0.3 is 20.7 Å². The molecule has 1 fully saturated rings. The van der Waals surface area contributed by atoms with Crippen LogP contribution in [-0.4, -0.2) is 67.9 Å². The number of likely N-dealkylation sites (tertiary alicyclic amines) is 1. The van der Waals surface area contributed by atoms with Crippen LogP contribution < -0.4 is 16.0 Å². The second-order valence-corrected chi connectivity index (χ2v) is 7.73. The average molecular weight is 370 g/mol. The molecule has 7 heteroatoms. The maximum absolute atomic E-state index is 11.6. The zero-order valence-corrected chi connectivity index (χ0v) is 17.4. The monoisotopic (exact) mass is 369 g/mol. The van der Waals surface area contributed by atoms with Gasteiger partial charge in [0.05, 0.1) is 6.54 Å². The van der Waals surface area contributed by atoms with Gasteiger partial charge in [-0.1, -0.05) is 6.92 Å². The summed E-state index contributed by atoms with van der Waals surface area (Å²) < 4.78 is 5.22. The van der Waals surface area contributed by atoms with Crippen molar-refractivity contribution in [2.24, 2.45) is 4.99 Å². The number of aliphatic imine (C=N–C) groups is 1. The Morgan fingerprint density at radius 1 is 1.12 bits per heavy atom. The molecular weight excluding hydrogens is 330 g/mol. The number of rotatable bonds is 9. The number of guanidine groups is 1. The van der Waals surface area contributed by atoms with Crippen molar-refractivity contribution in [2.45, 2.75) is 71.9 Å². The van der Waals surface area contributed by atoms with E-state index < -0.39 is 5.60 Å². The van der Waals surface area contributed by atoms with Crippen molar-refractivity contribution in [1.29, 1.82) is 0 Å². The van der Waals surface area contributed by atoms with Crippen LogP contribution >= 0.6 is 0 Å². The van der Waals surface area contributed by atoms with E-state index in [0.717, 1.165) is 38.4 Å². The molecule has 1 rings (SSSR count). The Morgan fingerprint density at radius 2 is 1.77 bits per heavy atom. The fourth-order valence-electron chi connectivity index (χ4n) is 2.95. The minimum absolute atomic E-state index is 0.366. The van der Waals surface area contributed by atoms with E-state index in [4.69, 9.17) is 9.73 Å². The van der Waals surface area contributed by atoms with Crippen LogP contribution in [0.5, 0.6) is 0 Å². The van der Waals surface area contributed by atoms with Gasteiger partial charge in [-0.2, -0.15) is 0 Å². The maximum atomic E-state index is 11.6. The molecule has 0 radical (unpaired) electrons. The van der Waals surface area contributed by atoms with Gasteiger partial charge in [0.1, 0.15) is 5.60 Å². The van der Waals surface area contributed by atoms with E-state index >= 15 is 0 Å². The third-order valence-corrected chi connectivity index (χ3v) is 4.25. The molecule has 1 atom stereocenters. The highest BCUT2D eigenvalue weighted by Gasteiger charge is 2.20. The summed E-state index contributed by atoms with van der Waals surface area (Å²) in [4.78, 5) is 18.9. The molecule has 0 aromatic heterocycles. The second-order valence-electron chi connectivity index (χ2n) is 7.73. The molecule has 26 heavy (non-hydrogen) atoms. The maximum Gasteiger partial charge on any atom is 0.407 e. The number of nitrogens with zero attached hydrogens (tertiary/aromatic N) is 2. The van der Waals surface area contributed by atoms with Crippen molar-refractivity contribution in [2.75, 3.05) is 39.3 Å². The quantitative estimate of drug-likeness (QED) is 0.330. The van der Waals surface area contributed by atoms with Crippen LogP contribution in [-0.2, 0) is 4.74 Å². The Hall–Kier alpha value is -1.50. The third-order valence-electron chi connectivity index (χ3n) is 4.25. The Labute approximate surface area is 159 Å². The van der Waals surface area contributed by atoms with Crippen molar-refractivity contribution in [3.63, 3.8) is 0 Å². The molecule has 3 N–H and O–H groups in total. The van der Waals surface area contributed by atoms with E-state index in [9.17, 15) is 4.79 Å².